The minimum absolute atomic E-state index is 0.363. The molecule has 1 saturated heterocycles. The van der Waals surface area contributed by atoms with E-state index in [1.54, 1.807) is 6.92 Å². The average Bonchev–Trinajstić information content (AvgIpc) is 2.59. The Morgan fingerprint density at radius 2 is 1.83 bits per heavy atom. The van der Waals surface area contributed by atoms with Crippen molar-refractivity contribution in [3.8, 4) is 0 Å². The molecule has 18 heavy (non-hydrogen) atoms. The molecule has 1 fully saturated rings. The lowest BCUT2D eigenvalue weighted by atomic mass is 9.89. The summed E-state index contributed by atoms with van der Waals surface area (Å²) in [5, 5.41) is 9.11. The summed E-state index contributed by atoms with van der Waals surface area (Å²) in [6.07, 6.45) is 7.19. The zero-order valence-corrected chi connectivity index (χ0v) is 11.4. The molecule has 0 spiro atoms. The number of carbonyl (C=O) groups is 2. The Hall–Kier alpha value is -1.06. The second-order valence-corrected chi connectivity index (χ2v) is 5.18. The zero-order valence-electron chi connectivity index (χ0n) is 11.4. The van der Waals surface area contributed by atoms with Gasteiger partial charge >= 0.3 is 11.9 Å². The summed E-state index contributed by atoms with van der Waals surface area (Å²) in [6.45, 7) is 3.82. The number of rotatable bonds is 8. The van der Waals surface area contributed by atoms with Gasteiger partial charge in [0.2, 0.25) is 0 Å². The number of carboxylic acid groups (broad SMARTS) is 1. The zero-order chi connectivity index (χ0) is 13.5. The number of carboxylic acids is 1. The molecular formula is C14H24O4. The highest BCUT2D eigenvalue weighted by molar-refractivity contribution is 5.84. The van der Waals surface area contributed by atoms with Crippen molar-refractivity contribution in [2.24, 2.45) is 11.8 Å². The Bertz CT molecular complexity index is 288. The first kappa shape index (κ1) is 15.0. The van der Waals surface area contributed by atoms with Crippen molar-refractivity contribution in [2.75, 3.05) is 0 Å². The molecule has 0 aromatic rings. The van der Waals surface area contributed by atoms with Crippen molar-refractivity contribution in [1.82, 2.24) is 0 Å². The number of hydrogen-bond donors (Lipinski definition) is 1. The van der Waals surface area contributed by atoms with E-state index in [1.807, 2.05) is 0 Å². The number of hydrogen-bond acceptors (Lipinski definition) is 3. The molecule has 0 aromatic heterocycles. The minimum atomic E-state index is -0.913. The van der Waals surface area contributed by atoms with E-state index in [2.05, 4.69) is 6.92 Å². The fourth-order valence-corrected chi connectivity index (χ4v) is 2.54. The minimum Gasteiger partial charge on any atom is -0.481 e. The Morgan fingerprint density at radius 3 is 2.44 bits per heavy atom. The number of unbranched alkanes of at least 4 members (excludes halogenated alkanes) is 5. The summed E-state index contributed by atoms with van der Waals surface area (Å²) in [5.41, 5.74) is 0. The van der Waals surface area contributed by atoms with E-state index in [9.17, 15) is 9.59 Å². The van der Waals surface area contributed by atoms with E-state index in [-0.39, 0.29) is 5.97 Å². The maximum absolute atomic E-state index is 11.4. The van der Waals surface area contributed by atoms with Crippen LogP contribution in [0.1, 0.15) is 58.8 Å². The number of aliphatic carboxylic acids is 1. The standard InChI is InChI=1S/C14H24O4/c1-3-4-5-6-7-8-9-11-12(13(15)16)10(2)14(17)18-11/h10-12H,3-9H2,1-2H3,(H,15,16)/t10-,11?,12+/m0/s1. The largest absolute Gasteiger partial charge is 0.481 e. The van der Waals surface area contributed by atoms with Crippen LogP contribution < -0.4 is 0 Å². The Labute approximate surface area is 109 Å². The molecule has 1 heterocycles. The lowest BCUT2D eigenvalue weighted by Gasteiger charge is -2.15. The van der Waals surface area contributed by atoms with E-state index < -0.39 is 23.9 Å². The average molecular weight is 256 g/mol. The summed E-state index contributed by atoms with van der Waals surface area (Å²) >= 11 is 0. The molecule has 0 bridgehead atoms. The van der Waals surface area contributed by atoms with Gasteiger partial charge < -0.3 is 9.84 Å². The maximum atomic E-state index is 11.4. The molecule has 104 valence electrons. The molecule has 0 aromatic carbocycles. The van der Waals surface area contributed by atoms with Crippen molar-refractivity contribution < 1.29 is 19.4 Å². The third-order valence-electron chi connectivity index (χ3n) is 3.71. The second kappa shape index (κ2) is 7.39. The van der Waals surface area contributed by atoms with Crippen molar-refractivity contribution in [1.29, 1.82) is 0 Å². The van der Waals surface area contributed by atoms with Crippen LogP contribution in [0.25, 0.3) is 0 Å². The van der Waals surface area contributed by atoms with E-state index in [4.69, 9.17) is 9.84 Å². The Morgan fingerprint density at radius 1 is 1.22 bits per heavy atom. The quantitative estimate of drug-likeness (QED) is 0.535. The molecule has 0 amide bonds. The van der Waals surface area contributed by atoms with E-state index >= 15 is 0 Å². The van der Waals surface area contributed by atoms with Gasteiger partial charge in [-0.25, -0.2) is 0 Å². The molecule has 1 N–H and O–H groups in total. The number of carbonyl (C=O) groups excluding carboxylic acids is 1. The first-order valence-electron chi connectivity index (χ1n) is 7.01. The molecule has 1 aliphatic heterocycles. The van der Waals surface area contributed by atoms with Gasteiger partial charge in [-0.15, -0.1) is 0 Å². The van der Waals surface area contributed by atoms with Crippen LogP contribution in [0.15, 0.2) is 0 Å². The lowest BCUT2D eigenvalue weighted by Crippen LogP contribution is -2.27. The third-order valence-corrected chi connectivity index (χ3v) is 3.71. The van der Waals surface area contributed by atoms with E-state index in [0.717, 1.165) is 12.8 Å². The van der Waals surface area contributed by atoms with Crippen LogP contribution in [0.5, 0.6) is 0 Å². The van der Waals surface area contributed by atoms with Gasteiger partial charge in [0.25, 0.3) is 0 Å². The molecule has 0 saturated carbocycles. The first-order valence-corrected chi connectivity index (χ1v) is 7.01. The van der Waals surface area contributed by atoms with Gasteiger partial charge in [0, 0.05) is 0 Å². The van der Waals surface area contributed by atoms with Crippen LogP contribution in [-0.2, 0) is 14.3 Å². The smallest absolute Gasteiger partial charge is 0.311 e. The Balaban J connectivity index is 2.28. The molecule has 1 unspecified atom stereocenters. The molecule has 0 radical (unpaired) electrons. The fourth-order valence-electron chi connectivity index (χ4n) is 2.54. The number of cyclic esters (lactones) is 1. The Kier molecular flexibility index (Phi) is 6.16. The van der Waals surface area contributed by atoms with Crippen LogP contribution in [-0.4, -0.2) is 23.1 Å². The molecule has 4 nitrogen and oxygen atoms in total. The first-order chi connectivity index (χ1) is 8.57. The molecule has 1 aliphatic rings. The normalized spacial score (nSPS) is 27.2. The maximum Gasteiger partial charge on any atom is 0.311 e. The van der Waals surface area contributed by atoms with Crippen molar-refractivity contribution in [3.63, 3.8) is 0 Å². The van der Waals surface area contributed by atoms with E-state index in [0.29, 0.717) is 6.42 Å². The van der Waals surface area contributed by atoms with Gasteiger partial charge in [-0.1, -0.05) is 46.0 Å². The van der Waals surface area contributed by atoms with Crippen LogP contribution in [0.4, 0.5) is 0 Å². The SMILES string of the molecule is CCCCCCCCC1OC(=O)[C@@H](C)[C@H]1C(=O)O. The van der Waals surface area contributed by atoms with Crippen molar-refractivity contribution >= 4 is 11.9 Å². The predicted octanol–water partition coefficient (Wildman–Crippen LogP) is 3.00. The van der Waals surface area contributed by atoms with Gasteiger partial charge in [0.15, 0.2) is 0 Å². The highest BCUT2D eigenvalue weighted by Gasteiger charge is 2.45. The highest BCUT2D eigenvalue weighted by atomic mass is 16.6. The van der Waals surface area contributed by atoms with Gasteiger partial charge in [-0.2, -0.15) is 0 Å². The van der Waals surface area contributed by atoms with Crippen LogP contribution >= 0.6 is 0 Å². The predicted molar refractivity (Wildman–Crippen MR) is 68.2 cm³/mol. The summed E-state index contributed by atoms with van der Waals surface area (Å²) < 4.78 is 5.16. The van der Waals surface area contributed by atoms with Gasteiger partial charge in [0.05, 0.1) is 5.92 Å². The van der Waals surface area contributed by atoms with Gasteiger partial charge in [0.1, 0.15) is 12.0 Å². The van der Waals surface area contributed by atoms with Crippen molar-refractivity contribution in [3.05, 3.63) is 0 Å². The molecule has 4 heteroatoms. The van der Waals surface area contributed by atoms with Crippen molar-refractivity contribution in [2.45, 2.75) is 64.9 Å². The summed E-state index contributed by atoms with van der Waals surface area (Å²) in [5.74, 6) is -2.44. The topological polar surface area (TPSA) is 63.6 Å². The fraction of sp³-hybridized carbons (Fsp3) is 0.857. The monoisotopic (exact) mass is 256 g/mol. The summed E-state index contributed by atoms with van der Waals surface area (Å²) in [7, 11) is 0. The summed E-state index contributed by atoms with van der Waals surface area (Å²) in [6, 6.07) is 0. The van der Waals surface area contributed by atoms with Crippen LogP contribution in [0.2, 0.25) is 0 Å². The third kappa shape index (κ3) is 4.00. The van der Waals surface area contributed by atoms with E-state index in [1.165, 1.54) is 25.7 Å². The molecule has 1 rings (SSSR count). The summed E-state index contributed by atoms with van der Waals surface area (Å²) in [4.78, 5) is 22.5. The highest BCUT2D eigenvalue weighted by Crippen LogP contribution is 2.31. The molecule has 0 aliphatic carbocycles. The van der Waals surface area contributed by atoms with Gasteiger partial charge in [-0.3, -0.25) is 9.59 Å². The van der Waals surface area contributed by atoms with Crippen LogP contribution in [0, 0.1) is 11.8 Å². The van der Waals surface area contributed by atoms with Gasteiger partial charge in [-0.05, 0) is 12.8 Å². The van der Waals surface area contributed by atoms with Crippen LogP contribution in [0.3, 0.4) is 0 Å². The number of ether oxygens (including phenoxy) is 1. The lowest BCUT2D eigenvalue weighted by molar-refractivity contribution is -0.144. The number of esters is 1. The molecule has 3 atom stereocenters. The molecular weight excluding hydrogens is 232 g/mol. The second-order valence-electron chi connectivity index (χ2n) is 5.18.